The second-order valence-electron chi connectivity index (χ2n) is 5.84. The van der Waals surface area contributed by atoms with Gasteiger partial charge in [-0.3, -0.25) is 4.90 Å². The Balaban J connectivity index is 2.13. The maximum atomic E-state index is 3.37. The molecular formula is C18H26N2S. The normalized spacial score (nSPS) is 14.3. The second-order valence-corrected chi connectivity index (χ2v) is 6.87. The molecule has 2 aromatic rings. The van der Waals surface area contributed by atoms with E-state index in [2.05, 4.69) is 71.9 Å². The summed E-state index contributed by atoms with van der Waals surface area (Å²) in [7, 11) is 2.04. The number of nitrogens with zero attached hydrogens (tertiary/aromatic N) is 1. The Bertz CT molecular complexity index is 509. The van der Waals surface area contributed by atoms with Crippen LogP contribution in [0.25, 0.3) is 0 Å². The topological polar surface area (TPSA) is 15.3 Å². The number of nitrogens with one attached hydrogen (secondary N) is 1. The van der Waals surface area contributed by atoms with E-state index in [0.29, 0.717) is 0 Å². The van der Waals surface area contributed by atoms with Gasteiger partial charge < -0.3 is 5.32 Å². The minimum atomic E-state index is 0.128. The molecule has 0 aliphatic rings. The van der Waals surface area contributed by atoms with Crippen molar-refractivity contribution in [1.29, 1.82) is 0 Å². The van der Waals surface area contributed by atoms with E-state index in [1.54, 1.807) is 0 Å². The van der Waals surface area contributed by atoms with Crippen molar-refractivity contribution in [2.24, 2.45) is 0 Å². The molecule has 2 nitrogen and oxygen atoms in total. The average Bonchev–Trinajstić information content (AvgIpc) is 3.01. The molecule has 1 aromatic heterocycles. The SMILES string of the molecule is CCN(Cc1cccs1)CC(C)(CNC)c1ccccc1. The Morgan fingerprint density at radius 3 is 2.48 bits per heavy atom. The largest absolute Gasteiger partial charge is 0.319 e. The van der Waals surface area contributed by atoms with E-state index in [-0.39, 0.29) is 5.41 Å². The molecule has 0 spiro atoms. The van der Waals surface area contributed by atoms with Gasteiger partial charge >= 0.3 is 0 Å². The van der Waals surface area contributed by atoms with E-state index in [9.17, 15) is 0 Å². The summed E-state index contributed by atoms with van der Waals surface area (Å²) in [6.45, 7) is 8.77. The van der Waals surface area contributed by atoms with Crippen molar-refractivity contribution in [2.75, 3.05) is 26.7 Å². The molecule has 21 heavy (non-hydrogen) atoms. The van der Waals surface area contributed by atoms with Crippen LogP contribution in [0.2, 0.25) is 0 Å². The van der Waals surface area contributed by atoms with E-state index in [1.165, 1.54) is 10.4 Å². The van der Waals surface area contributed by atoms with Gasteiger partial charge in [0.15, 0.2) is 0 Å². The van der Waals surface area contributed by atoms with Crippen molar-refractivity contribution in [3.63, 3.8) is 0 Å². The highest BCUT2D eigenvalue weighted by molar-refractivity contribution is 7.09. The maximum absolute atomic E-state index is 3.37. The molecule has 1 heterocycles. The van der Waals surface area contributed by atoms with Crippen LogP contribution in [0.5, 0.6) is 0 Å². The Kier molecular flexibility index (Phi) is 5.97. The molecule has 0 radical (unpaired) electrons. The zero-order valence-corrected chi connectivity index (χ0v) is 14.1. The molecule has 0 fully saturated rings. The fraction of sp³-hybridized carbons (Fsp3) is 0.444. The number of benzene rings is 1. The average molecular weight is 302 g/mol. The predicted octanol–water partition coefficient (Wildman–Crippen LogP) is 3.75. The highest BCUT2D eigenvalue weighted by Crippen LogP contribution is 2.25. The van der Waals surface area contributed by atoms with Crippen LogP contribution in [0.4, 0.5) is 0 Å². The fourth-order valence-corrected chi connectivity index (χ4v) is 3.62. The number of likely N-dealkylation sites (N-methyl/N-ethyl adjacent to an activating group) is 2. The molecule has 1 aromatic carbocycles. The van der Waals surface area contributed by atoms with Gasteiger partial charge in [0.25, 0.3) is 0 Å². The lowest BCUT2D eigenvalue weighted by molar-refractivity contribution is 0.216. The molecule has 1 unspecified atom stereocenters. The third-order valence-corrected chi connectivity index (χ3v) is 4.88. The first kappa shape index (κ1) is 16.2. The van der Waals surface area contributed by atoms with Crippen LogP contribution < -0.4 is 5.32 Å². The van der Waals surface area contributed by atoms with E-state index in [1.807, 2.05) is 18.4 Å². The molecule has 1 N–H and O–H groups in total. The molecule has 2 rings (SSSR count). The van der Waals surface area contributed by atoms with Gasteiger partial charge in [0, 0.05) is 29.9 Å². The summed E-state index contributed by atoms with van der Waals surface area (Å²) in [4.78, 5) is 3.98. The Labute approximate surface area is 132 Å². The smallest absolute Gasteiger partial charge is 0.0328 e. The molecule has 1 atom stereocenters. The van der Waals surface area contributed by atoms with Gasteiger partial charge in [-0.2, -0.15) is 0 Å². The van der Waals surface area contributed by atoms with Crippen LogP contribution in [0.1, 0.15) is 24.3 Å². The molecule has 0 aliphatic heterocycles. The molecular weight excluding hydrogens is 276 g/mol. The summed E-state index contributed by atoms with van der Waals surface area (Å²) in [6, 6.07) is 15.2. The first-order valence-electron chi connectivity index (χ1n) is 7.63. The Morgan fingerprint density at radius 2 is 1.90 bits per heavy atom. The first-order valence-corrected chi connectivity index (χ1v) is 8.51. The molecule has 114 valence electrons. The van der Waals surface area contributed by atoms with Gasteiger partial charge in [0.05, 0.1) is 0 Å². The summed E-state index contributed by atoms with van der Waals surface area (Å²) in [5, 5.41) is 5.53. The van der Waals surface area contributed by atoms with Crippen molar-refractivity contribution in [3.05, 3.63) is 58.3 Å². The molecule has 3 heteroatoms. The van der Waals surface area contributed by atoms with E-state index >= 15 is 0 Å². The highest BCUT2D eigenvalue weighted by atomic mass is 32.1. The minimum absolute atomic E-state index is 0.128. The number of thiophene rings is 1. The third-order valence-electron chi connectivity index (χ3n) is 4.02. The van der Waals surface area contributed by atoms with Crippen molar-refractivity contribution in [3.8, 4) is 0 Å². The summed E-state index contributed by atoms with van der Waals surface area (Å²) >= 11 is 1.84. The predicted molar refractivity (Wildman–Crippen MR) is 93.0 cm³/mol. The van der Waals surface area contributed by atoms with Gasteiger partial charge in [0.1, 0.15) is 0 Å². The van der Waals surface area contributed by atoms with Crippen LogP contribution in [0.15, 0.2) is 47.8 Å². The lowest BCUT2D eigenvalue weighted by Crippen LogP contribution is -2.44. The minimum Gasteiger partial charge on any atom is -0.319 e. The lowest BCUT2D eigenvalue weighted by Gasteiger charge is -2.35. The maximum Gasteiger partial charge on any atom is 0.0328 e. The summed E-state index contributed by atoms with van der Waals surface area (Å²) < 4.78 is 0. The van der Waals surface area contributed by atoms with Crippen LogP contribution >= 0.6 is 11.3 Å². The summed E-state index contributed by atoms with van der Waals surface area (Å²) in [6.07, 6.45) is 0. The third kappa shape index (κ3) is 4.40. The van der Waals surface area contributed by atoms with E-state index in [0.717, 1.165) is 26.2 Å². The monoisotopic (exact) mass is 302 g/mol. The van der Waals surface area contributed by atoms with Crippen molar-refractivity contribution in [1.82, 2.24) is 10.2 Å². The van der Waals surface area contributed by atoms with Crippen LogP contribution in [0, 0.1) is 0 Å². The van der Waals surface area contributed by atoms with Crippen LogP contribution in [-0.4, -0.2) is 31.6 Å². The fourth-order valence-electron chi connectivity index (χ4n) is 2.88. The Hall–Kier alpha value is -1.16. The van der Waals surface area contributed by atoms with Gasteiger partial charge in [-0.25, -0.2) is 0 Å². The quantitative estimate of drug-likeness (QED) is 0.799. The van der Waals surface area contributed by atoms with Gasteiger partial charge in [-0.1, -0.05) is 50.2 Å². The molecule has 0 bridgehead atoms. The van der Waals surface area contributed by atoms with Crippen molar-refractivity contribution >= 4 is 11.3 Å². The molecule has 0 saturated carbocycles. The first-order chi connectivity index (χ1) is 10.2. The highest BCUT2D eigenvalue weighted by Gasteiger charge is 2.28. The zero-order valence-electron chi connectivity index (χ0n) is 13.3. The number of hydrogen-bond donors (Lipinski definition) is 1. The molecule has 0 saturated heterocycles. The molecule has 0 aliphatic carbocycles. The van der Waals surface area contributed by atoms with E-state index < -0.39 is 0 Å². The van der Waals surface area contributed by atoms with Crippen molar-refractivity contribution in [2.45, 2.75) is 25.8 Å². The van der Waals surface area contributed by atoms with Gasteiger partial charge in [-0.05, 0) is 30.6 Å². The van der Waals surface area contributed by atoms with Crippen LogP contribution in [0.3, 0.4) is 0 Å². The van der Waals surface area contributed by atoms with E-state index in [4.69, 9.17) is 0 Å². The zero-order chi connectivity index (χ0) is 15.1. The molecule has 0 amide bonds. The lowest BCUT2D eigenvalue weighted by atomic mass is 9.81. The van der Waals surface area contributed by atoms with Gasteiger partial charge in [-0.15, -0.1) is 11.3 Å². The van der Waals surface area contributed by atoms with Crippen molar-refractivity contribution < 1.29 is 0 Å². The number of hydrogen-bond acceptors (Lipinski definition) is 3. The summed E-state index contributed by atoms with van der Waals surface area (Å²) in [5.74, 6) is 0. The van der Waals surface area contributed by atoms with Gasteiger partial charge in [0.2, 0.25) is 0 Å². The second kappa shape index (κ2) is 7.74. The van der Waals surface area contributed by atoms with Crippen LogP contribution in [-0.2, 0) is 12.0 Å². The standard InChI is InChI=1S/C18H26N2S/c1-4-20(13-17-11-8-12-21-17)15-18(2,14-19-3)16-9-6-5-7-10-16/h5-12,19H,4,13-15H2,1-3H3. The Morgan fingerprint density at radius 1 is 1.14 bits per heavy atom. The number of rotatable bonds is 8. The summed E-state index contributed by atoms with van der Waals surface area (Å²) in [5.41, 5.74) is 1.53.